The van der Waals surface area contributed by atoms with Gasteiger partial charge in [-0.25, -0.2) is 4.79 Å². The van der Waals surface area contributed by atoms with Crippen LogP contribution in [0.1, 0.15) is 15.9 Å². The van der Waals surface area contributed by atoms with Crippen LogP contribution < -0.4 is 4.74 Å². The molecular formula is C14H10ClNO5. The maximum Gasteiger partial charge on any atom is 0.339 e. The Morgan fingerprint density at radius 2 is 1.95 bits per heavy atom. The Morgan fingerprint density at radius 3 is 2.57 bits per heavy atom. The predicted molar refractivity (Wildman–Crippen MR) is 76.3 cm³/mol. The molecule has 0 atom stereocenters. The second-order valence-electron chi connectivity index (χ2n) is 4.25. The number of carboxylic acids is 1. The molecule has 6 nitrogen and oxygen atoms in total. The fourth-order valence-corrected chi connectivity index (χ4v) is 1.85. The van der Waals surface area contributed by atoms with E-state index in [4.69, 9.17) is 21.4 Å². The average molecular weight is 308 g/mol. The minimum Gasteiger partial charge on any atom is -0.478 e. The van der Waals surface area contributed by atoms with Gasteiger partial charge in [0.15, 0.2) is 0 Å². The molecule has 0 radical (unpaired) electrons. The molecule has 2 aromatic carbocycles. The molecule has 21 heavy (non-hydrogen) atoms. The number of carbonyl (C=O) groups is 1. The molecule has 0 aliphatic carbocycles. The maximum absolute atomic E-state index is 11.2. The lowest BCUT2D eigenvalue weighted by Crippen LogP contribution is -2.01. The van der Waals surface area contributed by atoms with Crippen molar-refractivity contribution in [3.63, 3.8) is 0 Å². The van der Waals surface area contributed by atoms with E-state index in [0.29, 0.717) is 10.8 Å². The molecule has 0 heterocycles. The fraction of sp³-hybridized carbons (Fsp3) is 0.0714. The molecule has 0 aliphatic heterocycles. The van der Waals surface area contributed by atoms with Crippen LogP contribution in [0.15, 0.2) is 36.4 Å². The van der Waals surface area contributed by atoms with Gasteiger partial charge in [0.1, 0.15) is 17.1 Å². The number of ether oxygens (including phenoxy) is 1. The zero-order valence-corrected chi connectivity index (χ0v) is 11.6. The van der Waals surface area contributed by atoms with Crippen molar-refractivity contribution >= 4 is 23.3 Å². The third-order valence-corrected chi connectivity index (χ3v) is 3.01. The SMILES string of the molecule is Cc1ccc(Cl)cc1Oc1cc([N+](=O)[O-])ccc1C(=O)O. The number of halogens is 1. The second kappa shape index (κ2) is 5.80. The number of hydrogen-bond donors (Lipinski definition) is 1. The van der Waals surface area contributed by atoms with E-state index in [-0.39, 0.29) is 17.0 Å². The maximum atomic E-state index is 11.2. The molecule has 0 aliphatic rings. The van der Waals surface area contributed by atoms with Gasteiger partial charge in [-0.2, -0.15) is 0 Å². The van der Waals surface area contributed by atoms with Gasteiger partial charge in [0, 0.05) is 11.1 Å². The summed E-state index contributed by atoms with van der Waals surface area (Å²) in [7, 11) is 0. The molecule has 0 saturated carbocycles. The molecule has 0 fully saturated rings. The van der Waals surface area contributed by atoms with Gasteiger partial charge in [-0.05, 0) is 30.7 Å². The van der Waals surface area contributed by atoms with E-state index in [2.05, 4.69) is 0 Å². The quantitative estimate of drug-likeness (QED) is 0.680. The Morgan fingerprint density at radius 1 is 1.24 bits per heavy atom. The number of carboxylic acid groups (broad SMARTS) is 1. The van der Waals surface area contributed by atoms with E-state index in [0.717, 1.165) is 23.8 Å². The van der Waals surface area contributed by atoms with E-state index in [1.54, 1.807) is 19.1 Å². The fourth-order valence-electron chi connectivity index (χ4n) is 1.69. The number of non-ortho nitro benzene ring substituents is 1. The lowest BCUT2D eigenvalue weighted by molar-refractivity contribution is -0.384. The highest BCUT2D eigenvalue weighted by Gasteiger charge is 2.18. The summed E-state index contributed by atoms with van der Waals surface area (Å²) < 4.78 is 5.50. The van der Waals surface area contributed by atoms with Gasteiger partial charge in [-0.1, -0.05) is 17.7 Å². The van der Waals surface area contributed by atoms with Gasteiger partial charge in [0.25, 0.3) is 5.69 Å². The molecule has 2 rings (SSSR count). The van der Waals surface area contributed by atoms with Gasteiger partial charge in [0.05, 0.1) is 11.0 Å². The average Bonchev–Trinajstić information content (AvgIpc) is 2.42. The largest absolute Gasteiger partial charge is 0.478 e. The molecule has 0 saturated heterocycles. The van der Waals surface area contributed by atoms with Crippen LogP contribution >= 0.6 is 11.6 Å². The molecule has 1 N–H and O–H groups in total. The van der Waals surface area contributed by atoms with Crippen LogP contribution in [0.3, 0.4) is 0 Å². The van der Waals surface area contributed by atoms with E-state index in [1.807, 2.05) is 0 Å². The molecule has 2 aromatic rings. The first-order chi connectivity index (χ1) is 9.88. The van der Waals surface area contributed by atoms with Gasteiger partial charge >= 0.3 is 5.97 Å². The summed E-state index contributed by atoms with van der Waals surface area (Å²) in [6, 6.07) is 8.20. The van der Waals surface area contributed by atoms with E-state index < -0.39 is 10.9 Å². The standard InChI is InChI=1S/C14H10ClNO5/c1-8-2-3-9(15)6-12(8)21-13-7-10(16(19)20)4-5-11(13)14(17)18/h2-7H,1H3,(H,17,18). The first-order valence-corrected chi connectivity index (χ1v) is 6.22. The zero-order valence-electron chi connectivity index (χ0n) is 10.9. The summed E-state index contributed by atoms with van der Waals surface area (Å²) in [5.41, 5.74) is 0.303. The van der Waals surface area contributed by atoms with E-state index in [9.17, 15) is 14.9 Å². The molecular weight excluding hydrogens is 298 g/mol. The van der Waals surface area contributed by atoms with Crippen molar-refractivity contribution in [2.45, 2.75) is 6.92 Å². The van der Waals surface area contributed by atoms with Crippen LogP contribution in [0.25, 0.3) is 0 Å². The summed E-state index contributed by atoms with van der Waals surface area (Å²) in [6.45, 7) is 1.75. The topological polar surface area (TPSA) is 89.7 Å². The first-order valence-electron chi connectivity index (χ1n) is 5.84. The lowest BCUT2D eigenvalue weighted by Gasteiger charge is -2.11. The Labute approximate surface area is 124 Å². The van der Waals surface area contributed by atoms with Crippen molar-refractivity contribution in [3.8, 4) is 11.5 Å². The third kappa shape index (κ3) is 3.29. The van der Waals surface area contributed by atoms with Gasteiger partial charge < -0.3 is 9.84 Å². The molecule has 0 amide bonds. The number of benzene rings is 2. The molecule has 0 bridgehead atoms. The third-order valence-electron chi connectivity index (χ3n) is 2.78. The van der Waals surface area contributed by atoms with Crippen molar-refractivity contribution in [2.75, 3.05) is 0 Å². The van der Waals surface area contributed by atoms with Gasteiger partial charge in [-0.15, -0.1) is 0 Å². The van der Waals surface area contributed by atoms with E-state index >= 15 is 0 Å². The van der Waals surface area contributed by atoms with Crippen molar-refractivity contribution in [2.24, 2.45) is 0 Å². The van der Waals surface area contributed by atoms with Crippen LogP contribution in [0.4, 0.5) is 5.69 Å². The summed E-state index contributed by atoms with van der Waals surface area (Å²) >= 11 is 5.86. The van der Waals surface area contributed by atoms with Crippen LogP contribution in [0, 0.1) is 17.0 Å². The summed E-state index contributed by atoms with van der Waals surface area (Å²) in [5.74, 6) is -1.01. The predicted octanol–water partition coefficient (Wildman–Crippen LogP) is 4.05. The summed E-state index contributed by atoms with van der Waals surface area (Å²) in [4.78, 5) is 21.3. The minimum absolute atomic E-state index is 0.109. The van der Waals surface area contributed by atoms with Crippen molar-refractivity contribution < 1.29 is 19.6 Å². The molecule has 108 valence electrons. The summed E-state index contributed by atoms with van der Waals surface area (Å²) in [5, 5.41) is 20.3. The number of aryl methyl sites for hydroxylation is 1. The monoisotopic (exact) mass is 307 g/mol. The van der Waals surface area contributed by atoms with Crippen LogP contribution in [-0.4, -0.2) is 16.0 Å². The molecule has 0 aromatic heterocycles. The number of nitrogens with zero attached hydrogens (tertiary/aromatic N) is 1. The first kappa shape index (κ1) is 14.8. The van der Waals surface area contributed by atoms with Crippen LogP contribution in [0.2, 0.25) is 5.02 Å². The number of nitro benzene ring substituents is 1. The number of hydrogen-bond acceptors (Lipinski definition) is 4. The molecule has 0 unspecified atom stereocenters. The van der Waals surface area contributed by atoms with Gasteiger partial charge in [-0.3, -0.25) is 10.1 Å². The molecule has 7 heteroatoms. The van der Waals surface area contributed by atoms with Crippen molar-refractivity contribution in [1.82, 2.24) is 0 Å². The Hall–Kier alpha value is -2.60. The Balaban J connectivity index is 2.50. The highest BCUT2D eigenvalue weighted by molar-refractivity contribution is 6.30. The van der Waals surface area contributed by atoms with E-state index in [1.165, 1.54) is 6.07 Å². The highest BCUT2D eigenvalue weighted by atomic mass is 35.5. The summed E-state index contributed by atoms with van der Waals surface area (Å²) in [6.07, 6.45) is 0. The second-order valence-corrected chi connectivity index (χ2v) is 4.69. The Bertz CT molecular complexity index is 729. The lowest BCUT2D eigenvalue weighted by atomic mass is 10.1. The minimum atomic E-state index is -1.24. The molecule has 0 spiro atoms. The normalized spacial score (nSPS) is 10.2. The van der Waals surface area contributed by atoms with Crippen LogP contribution in [0.5, 0.6) is 11.5 Å². The van der Waals surface area contributed by atoms with Crippen LogP contribution in [-0.2, 0) is 0 Å². The number of rotatable bonds is 4. The number of aromatic carboxylic acids is 1. The smallest absolute Gasteiger partial charge is 0.339 e. The number of nitro groups is 1. The Kier molecular flexibility index (Phi) is 4.09. The zero-order chi connectivity index (χ0) is 15.6. The van der Waals surface area contributed by atoms with Gasteiger partial charge in [0.2, 0.25) is 0 Å². The highest BCUT2D eigenvalue weighted by Crippen LogP contribution is 2.32. The van der Waals surface area contributed by atoms with Crippen molar-refractivity contribution in [1.29, 1.82) is 0 Å². The van der Waals surface area contributed by atoms with Crippen molar-refractivity contribution in [3.05, 3.63) is 62.7 Å².